The van der Waals surface area contributed by atoms with Crippen molar-refractivity contribution in [2.45, 2.75) is 32.3 Å². The molecule has 2 aromatic rings. The zero-order valence-corrected chi connectivity index (χ0v) is 15.2. The molecule has 1 heterocycles. The monoisotopic (exact) mass is 372 g/mol. The van der Waals surface area contributed by atoms with Gasteiger partial charge in [0.05, 0.1) is 12.3 Å². The Morgan fingerprint density at radius 3 is 2.81 bits per heavy atom. The summed E-state index contributed by atoms with van der Waals surface area (Å²) in [4.78, 5) is 24.0. The molecular weight excluding hydrogens is 351 g/mol. The van der Waals surface area contributed by atoms with Crippen LogP contribution < -0.4 is 20.1 Å². The Labute approximate surface area is 156 Å². The van der Waals surface area contributed by atoms with Crippen molar-refractivity contribution in [2.24, 2.45) is 0 Å². The third-order valence-electron chi connectivity index (χ3n) is 4.07. The van der Waals surface area contributed by atoms with E-state index in [9.17, 15) is 14.0 Å². The lowest BCUT2D eigenvalue weighted by Crippen LogP contribution is -2.45. The van der Waals surface area contributed by atoms with E-state index < -0.39 is 11.4 Å². The summed E-state index contributed by atoms with van der Waals surface area (Å²) in [5.74, 6) is -0.159. The third kappa shape index (κ3) is 4.55. The molecule has 0 atom stereocenters. The van der Waals surface area contributed by atoms with Gasteiger partial charge in [0.15, 0.2) is 17.2 Å². The van der Waals surface area contributed by atoms with Crippen LogP contribution in [0, 0.1) is 5.82 Å². The average molecular weight is 372 g/mol. The second kappa shape index (κ2) is 7.65. The highest BCUT2D eigenvalue weighted by Crippen LogP contribution is 2.35. The first-order chi connectivity index (χ1) is 12.8. The maximum Gasteiger partial charge on any atom is 0.268 e. The Morgan fingerprint density at radius 2 is 2.04 bits per heavy atom. The Bertz CT molecular complexity index is 867. The fraction of sp³-hybridized carbons (Fsp3) is 0.300. The number of hydrogen-bond donors (Lipinski definition) is 2. The van der Waals surface area contributed by atoms with Crippen LogP contribution in [-0.2, 0) is 9.59 Å². The smallest absolute Gasteiger partial charge is 0.268 e. The van der Waals surface area contributed by atoms with Crippen molar-refractivity contribution in [1.29, 1.82) is 0 Å². The number of hydrogen-bond acceptors (Lipinski definition) is 4. The molecule has 0 spiro atoms. The van der Waals surface area contributed by atoms with E-state index in [0.29, 0.717) is 23.5 Å². The van der Waals surface area contributed by atoms with E-state index in [1.54, 1.807) is 50.2 Å². The van der Waals surface area contributed by atoms with Gasteiger partial charge >= 0.3 is 0 Å². The van der Waals surface area contributed by atoms with Crippen LogP contribution in [0.25, 0.3) is 0 Å². The second-order valence-electron chi connectivity index (χ2n) is 6.71. The number of benzene rings is 2. The molecule has 6 nitrogen and oxygen atoms in total. The number of halogens is 1. The number of ether oxygens (including phenoxy) is 2. The maximum absolute atomic E-state index is 13.4. The minimum absolute atomic E-state index is 0.175. The van der Waals surface area contributed by atoms with Gasteiger partial charge in [-0.15, -0.1) is 0 Å². The highest BCUT2D eigenvalue weighted by Gasteiger charge is 2.35. The van der Waals surface area contributed by atoms with E-state index in [1.165, 1.54) is 6.07 Å². The third-order valence-corrected chi connectivity index (χ3v) is 4.07. The largest absolute Gasteiger partial charge is 0.491 e. The standard InChI is InChI=1S/C20H21FN2O4/c1-20(2)19(25)23-15-10-9-13(12-17(15)27-20)22-18(24)8-5-11-26-16-7-4-3-6-14(16)21/h3-4,6-7,9-10,12H,5,8,11H2,1-2H3,(H,22,24)(H,23,25). The summed E-state index contributed by atoms with van der Waals surface area (Å²) in [5, 5.41) is 5.55. The maximum atomic E-state index is 13.4. The average Bonchev–Trinajstić information content (AvgIpc) is 2.61. The number of anilines is 2. The van der Waals surface area contributed by atoms with Crippen LogP contribution >= 0.6 is 0 Å². The Hall–Kier alpha value is -3.09. The van der Waals surface area contributed by atoms with E-state index in [2.05, 4.69) is 10.6 Å². The molecule has 0 fully saturated rings. The molecule has 142 valence electrons. The number of carbonyl (C=O) groups excluding carboxylic acids is 2. The minimum atomic E-state index is -0.973. The summed E-state index contributed by atoms with van der Waals surface area (Å²) in [5.41, 5.74) is 0.163. The number of para-hydroxylation sites is 1. The Morgan fingerprint density at radius 1 is 1.26 bits per heavy atom. The first-order valence-electron chi connectivity index (χ1n) is 8.67. The molecule has 0 saturated heterocycles. The summed E-state index contributed by atoms with van der Waals surface area (Å²) in [6.45, 7) is 3.58. The molecule has 1 aliphatic rings. The summed E-state index contributed by atoms with van der Waals surface area (Å²) in [6.07, 6.45) is 0.680. The van der Waals surface area contributed by atoms with Gasteiger partial charge in [0, 0.05) is 18.2 Å². The van der Waals surface area contributed by atoms with Crippen molar-refractivity contribution < 1.29 is 23.5 Å². The molecule has 0 saturated carbocycles. The normalized spacial score (nSPS) is 14.6. The predicted molar refractivity (Wildman–Crippen MR) is 99.5 cm³/mol. The molecule has 0 radical (unpaired) electrons. The van der Waals surface area contributed by atoms with E-state index in [-0.39, 0.29) is 30.6 Å². The second-order valence-corrected chi connectivity index (χ2v) is 6.71. The van der Waals surface area contributed by atoms with Crippen molar-refractivity contribution >= 4 is 23.2 Å². The van der Waals surface area contributed by atoms with Gasteiger partial charge in [0.2, 0.25) is 5.91 Å². The quantitative estimate of drug-likeness (QED) is 0.758. The van der Waals surface area contributed by atoms with Gasteiger partial charge in [-0.1, -0.05) is 12.1 Å². The molecule has 2 N–H and O–H groups in total. The van der Waals surface area contributed by atoms with Crippen LogP contribution in [-0.4, -0.2) is 24.0 Å². The van der Waals surface area contributed by atoms with Gasteiger partial charge in [-0.2, -0.15) is 0 Å². The van der Waals surface area contributed by atoms with Crippen LogP contribution in [0.2, 0.25) is 0 Å². The first kappa shape index (κ1) is 18.7. The molecule has 0 unspecified atom stereocenters. The van der Waals surface area contributed by atoms with E-state index in [0.717, 1.165) is 0 Å². The van der Waals surface area contributed by atoms with Crippen LogP contribution in [0.3, 0.4) is 0 Å². The SMILES string of the molecule is CC1(C)Oc2cc(NC(=O)CCCOc3ccccc3F)ccc2NC1=O. The number of nitrogens with one attached hydrogen (secondary N) is 2. The van der Waals surface area contributed by atoms with E-state index in [4.69, 9.17) is 9.47 Å². The lowest BCUT2D eigenvalue weighted by Gasteiger charge is -2.31. The van der Waals surface area contributed by atoms with Crippen molar-refractivity contribution in [3.8, 4) is 11.5 Å². The fourth-order valence-corrected chi connectivity index (χ4v) is 2.58. The zero-order chi connectivity index (χ0) is 19.4. The zero-order valence-electron chi connectivity index (χ0n) is 15.2. The number of rotatable bonds is 6. The molecule has 3 rings (SSSR count). The summed E-state index contributed by atoms with van der Waals surface area (Å²) < 4.78 is 24.5. The molecule has 7 heteroatoms. The molecule has 0 bridgehead atoms. The predicted octanol–water partition coefficient (Wildman–Crippen LogP) is 3.73. The highest BCUT2D eigenvalue weighted by molar-refractivity contribution is 6.01. The lowest BCUT2D eigenvalue weighted by molar-refractivity contribution is -0.129. The van der Waals surface area contributed by atoms with Crippen molar-refractivity contribution in [3.05, 3.63) is 48.3 Å². The van der Waals surface area contributed by atoms with Gasteiger partial charge in [-0.3, -0.25) is 9.59 Å². The molecule has 2 aromatic carbocycles. The molecule has 0 aromatic heterocycles. The molecule has 2 amide bonds. The highest BCUT2D eigenvalue weighted by atomic mass is 19.1. The van der Waals surface area contributed by atoms with Gasteiger partial charge in [-0.25, -0.2) is 4.39 Å². The van der Waals surface area contributed by atoms with Gasteiger partial charge in [0.25, 0.3) is 5.91 Å². The fourth-order valence-electron chi connectivity index (χ4n) is 2.58. The molecule has 1 aliphatic heterocycles. The first-order valence-corrected chi connectivity index (χ1v) is 8.67. The summed E-state index contributed by atoms with van der Waals surface area (Å²) in [6, 6.07) is 11.2. The summed E-state index contributed by atoms with van der Waals surface area (Å²) >= 11 is 0. The van der Waals surface area contributed by atoms with Crippen molar-refractivity contribution in [1.82, 2.24) is 0 Å². The van der Waals surface area contributed by atoms with Crippen LogP contribution in [0.15, 0.2) is 42.5 Å². The van der Waals surface area contributed by atoms with Gasteiger partial charge < -0.3 is 20.1 Å². The van der Waals surface area contributed by atoms with E-state index in [1.807, 2.05) is 0 Å². The molecule has 27 heavy (non-hydrogen) atoms. The van der Waals surface area contributed by atoms with Crippen molar-refractivity contribution in [3.63, 3.8) is 0 Å². The summed E-state index contributed by atoms with van der Waals surface area (Å²) in [7, 11) is 0. The number of amides is 2. The van der Waals surface area contributed by atoms with Gasteiger partial charge in [-0.05, 0) is 44.5 Å². The van der Waals surface area contributed by atoms with Gasteiger partial charge in [0.1, 0.15) is 5.75 Å². The molecular formula is C20H21FN2O4. The Balaban J connectivity index is 1.50. The Kier molecular flexibility index (Phi) is 5.30. The van der Waals surface area contributed by atoms with Crippen LogP contribution in [0.1, 0.15) is 26.7 Å². The topological polar surface area (TPSA) is 76.7 Å². The minimum Gasteiger partial charge on any atom is -0.491 e. The van der Waals surface area contributed by atoms with Crippen LogP contribution in [0.5, 0.6) is 11.5 Å². The van der Waals surface area contributed by atoms with Crippen molar-refractivity contribution in [2.75, 3.05) is 17.2 Å². The van der Waals surface area contributed by atoms with Crippen LogP contribution in [0.4, 0.5) is 15.8 Å². The van der Waals surface area contributed by atoms with E-state index >= 15 is 0 Å². The number of carbonyl (C=O) groups is 2. The number of fused-ring (bicyclic) bond motifs is 1. The molecule has 0 aliphatic carbocycles. The lowest BCUT2D eigenvalue weighted by atomic mass is 10.1.